The van der Waals surface area contributed by atoms with Crippen LogP contribution in [0.5, 0.6) is 0 Å². The first-order valence-corrected chi connectivity index (χ1v) is 12.7. The Balaban J connectivity index is 1.57. The Kier molecular flexibility index (Phi) is 7.26. The third-order valence-electron chi connectivity index (χ3n) is 6.15. The van der Waals surface area contributed by atoms with Crippen molar-refractivity contribution in [2.75, 3.05) is 45.2 Å². The number of hydrogen-bond donors (Lipinski definition) is 2. The molecule has 2 heterocycles. The lowest BCUT2D eigenvalue weighted by atomic mass is 10.1. The van der Waals surface area contributed by atoms with Crippen LogP contribution < -0.4 is 4.90 Å². The summed E-state index contributed by atoms with van der Waals surface area (Å²) in [4.78, 5) is 21.4. The van der Waals surface area contributed by atoms with Crippen molar-refractivity contribution in [3.63, 3.8) is 0 Å². The van der Waals surface area contributed by atoms with E-state index >= 15 is 0 Å². The van der Waals surface area contributed by atoms with Crippen LogP contribution >= 0.6 is 11.9 Å². The first-order valence-electron chi connectivity index (χ1n) is 11.9. The first kappa shape index (κ1) is 24.6. The Morgan fingerprint density at radius 3 is 2.56 bits per heavy atom. The van der Waals surface area contributed by atoms with E-state index in [1.165, 1.54) is 35.0 Å². The van der Waals surface area contributed by atoms with Gasteiger partial charge in [-0.2, -0.15) is 0 Å². The van der Waals surface area contributed by atoms with Gasteiger partial charge in [0.05, 0.1) is 12.1 Å². The van der Waals surface area contributed by atoms with Gasteiger partial charge in [0.2, 0.25) is 5.91 Å². The van der Waals surface area contributed by atoms with E-state index in [9.17, 15) is 9.90 Å². The normalized spacial score (nSPS) is 14.4. The molecule has 0 aliphatic carbocycles. The van der Waals surface area contributed by atoms with Crippen molar-refractivity contribution in [3.8, 4) is 11.3 Å². The predicted molar refractivity (Wildman–Crippen MR) is 142 cm³/mol. The van der Waals surface area contributed by atoms with Crippen molar-refractivity contribution >= 4 is 34.4 Å². The standard InChI is InChI=1S/C27H36N4O2S/c1-19-8-9-20-15-24(28-23(20)14-19)22-16-21(10-11-25(22)31-12-6-7-13-31)34-30(5)17-26(32)29(4)18-27(2,3)33/h8-11,14-16,28,33H,6-7,12-13,17-18H2,1-5H3. The number of aromatic amines is 1. The smallest absolute Gasteiger partial charge is 0.237 e. The molecule has 34 heavy (non-hydrogen) atoms. The Labute approximate surface area is 207 Å². The fourth-order valence-corrected chi connectivity index (χ4v) is 5.43. The third-order valence-corrected chi connectivity index (χ3v) is 7.06. The first-order chi connectivity index (χ1) is 16.1. The molecule has 182 valence electrons. The topological polar surface area (TPSA) is 62.8 Å². The minimum atomic E-state index is -0.908. The van der Waals surface area contributed by atoms with Crippen molar-refractivity contribution in [1.82, 2.24) is 14.2 Å². The second-order valence-corrected chi connectivity index (χ2v) is 11.4. The van der Waals surface area contributed by atoms with Crippen molar-refractivity contribution in [1.29, 1.82) is 0 Å². The van der Waals surface area contributed by atoms with Crippen LogP contribution in [0.4, 0.5) is 5.69 Å². The van der Waals surface area contributed by atoms with Gasteiger partial charge in [-0.25, -0.2) is 4.31 Å². The third kappa shape index (κ3) is 5.95. The van der Waals surface area contributed by atoms with E-state index in [2.05, 4.69) is 59.3 Å². The monoisotopic (exact) mass is 480 g/mol. The van der Waals surface area contributed by atoms with E-state index in [0.29, 0.717) is 6.54 Å². The molecule has 0 saturated carbocycles. The molecule has 0 atom stereocenters. The van der Waals surface area contributed by atoms with Crippen LogP contribution in [0.15, 0.2) is 47.4 Å². The molecule has 0 radical (unpaired) electrons. The minimum Gasteiger partial charge on any atom is -0.389 e. The molecule has 2 N–H and O–H groups in total. The number of carbonyl (C=O) groups is 1. The summed E-state index contributed by atoms with van der Waals surface area (Å²) in [5.41, 5.74) is 5.06. The summed E-state index contributed by atoms with van der Waals surface area (Å²) in [5.74, 6) is -0.0166. The van der Waals surface area contributed by atoms with Crippen molar-refractivity contribution < 1.29 is 9.90 Å². The number of fused-ring (bicyclic) bond motifs is 1. The highest BCUT2D eigenvalue weighted by molar-refractivity contribution is 7.97. The molecule has 0 unspecified atom stereocenters. The second-order valence-electron chi connectivity index (χ2n) is 10.1. The summed E-state index contributed by atoms with van der Waals surface area (Å²) in [6.07, 6.45) is 2.45. The molecule has 6 nitrogen and oxygen atoms in total. The molecule has 2 aromatic carbocycles. The molecule has 1 fully saturated rings. The van der Waals surface area contributed by atoms with Gasteiger partial charge < -0.3 is 19.9 Å². The molecule has 1 aliphatic heterocycles. The molecule has 1 amide bonds. The lowest BCUT2D eigenvalue weighted by Crippen LogP contribution is -2.42. The zero-order chi connectivity index (χ0) is 24.5. The number of hydrogen-bond acceptors (Lipinski definition) is 5. The van der Waals surface area contributed by atoms with Gasteiger partial charge in [-0.1, -0.05) is 12.1 Å². The number of nitrogens with zero attached hydrogens (tertiary/aromatic N) is 3. The van der Waals surface area contributed by atoms with E-state index in [4.69, 9.17) is 0 Å². The van der Waals surface area contributed by atoms with Crippen molar-refractivity contribution in [2.45, 2.75) is 44.1 Å². The van der Waals surface area contributed by atoms with E-state index in [0.717, 1.165) is 29.2 Å². The lowest BCUT2D eigenvalue weighted by molar-refractivity contribution is -0.132. The number of nitrogens with one attached hydrogen (secondary N) is 1. The fourth-order valence-electron chi connectivity index (χ4n) is 4.60. The molecule has 0 spiro atoms. The molecule has 4 rings (SSSR count). The van der Waals surface area contributed by atoms with E-state index in [-0.39, 0.29) is 12.5 Å². The fraction of sp³-hybridized carbons (Fsp3) is 0.444. The molecule has 3 aromatic rings. The number of amides is 1. The predicted octanol–water partition coefficient (Wildman–Crippen LogP) is 4.91. The molecule has 7 heteroatoms. The number of anilines is 1. The quantitative estimate of drug-likeness (QED) is 0.449. The number of aliphatic hydroxyl groups is 1. The molecule has 1 saturated heterocycles. The average molecular weight is 481 g/mol. The zero-order valence-electron chi connectivity index (χ0n) is 20.9. The number of likely N-dealkylation sites (N-methyl/N-ethyl adjacent to an activating group) is 2. The number of H-pyrrole nitrogens is 1. The summed E-state index contributed by atoms with van der Waals surface area (Å²) >= 11 is 1.57. The molecular formula is C27H36N4O2S. The van der Waals surface area contributed by atoms with Crippen molar-refractivity contribution in [2.24, 2.45) is 0 Å². The van der Waals surface area contributed by atoms with Gasteiger partial charge in [0.15, 0.2) is 0 Å². The van der Waals surface area contributed by atoms with Gasteiger partial charge in [0.1, 0.15) is 0 Å². The highest BCUT2D eigenvalue weighted by Gasteiger charge is 2.22. The number of rotatable bonds is 8. The molecule has 0 bridgehead atoms. The largest absolute Gasteiger partial charge is 0.389 e. The maximum atomic E-state index is 12.6. The van der Waals surface area contributed by atoms with Crippen molar-refractivity contribution in [3.05, 3.63) is 48.0 Å². The second kappa shape index (κ2) is 10.0. The summed E-state index contributed by atoms with van der Waals surface area (Å²) < 4.78 is 1.95. The summed E-state index contributed by atoms with van der Waals surface area (Å²) in [7, 11) is 3.67. The molecule has 1 aromatic heterocycles. The maximum absolute atomic E-state index is 12.6. The van der Waals surface area contributed by atoms with Crippen LogP contribution in [-0.4, -0.2) is 71.1 Å². The Hall–Kier alpha value is -2.48. The van der Waals surface area contributed by atoms with Gasteiger partial charge >= 0.3 is 0 Å². The van der Waals surface area contributed by atoms with Gasteiger partial charge in [-0.05, 0) is 88.5 Å². The Morgan fingerprint density at radius 1 is 1.12 bits per heavy atom. The van der Waals surface area contributed by atoms with E-state index in [1.54, 1.807) is 37.7 Å². The van der Waals surface area contributed by atoms with E-state index < -0.39 is 5.60 Å². The van der Waals surface area contributed by atoms with Crippen LogP contribution in [0, 0.1) is 6.92 Å². The molecular weight excluding hydrogens is 444 g/mol. The SMILES string of the molecule is Cc1ccc2cc(-c3cc(SN(C)CC(=O)N(C)CC(C)(C)O)ccc3N3CCCC3)[nH]c2c1. The summed E-state index contributed by atoms with van der Waals surface area (Å²) in [5, 5.41) is 11.2. The molecule has 1 aliphatic rings. The van der Waals surface area contributed by atoms with Crippen LogP contribution in [0.2, 0.25) is 0 Å². The van der Waals surface area contributed by atoms with Gasteiger partial charge in [0, 0.05) is 59.4 Å². The Bertz CT molecular complexity index is 1160. The zero-order valence-corrected chi connectivity index (χ0v) is 21.7. The maximum Gasteiger partial charge on any atom is 0.237 e. The van der Waals surface area contributed by atoms with Gasteiger partial charge in [-0.3, -0.25) is 4.79 Å². The van der Waals surface area contributed by atoms with Crippen LogP contribution in [-0.2, 0) is 4.79 Å². The van der Waals surface area contributed by atoms with Crippen LogP contribution in [0.3, 0.4) is 0 Å². The van der Waals surface area contributed by atoms with Crippen LogP contribution in [0.25, 0.3) is 22.2 Å². The number of aromatic nitrogens is 1. The number of benzene rings is 2. The Morgan fingerprint density at radius 2 is 1.85 bits per heavy atom. The lowest BCUT2D eigenvalue weighted by Gasteiger charge is -2.27. The van der Waals surface area contributed by atoms with E-state index in [1.807, 2.05) is 11.4 Å². The highest BCUT2D eigenvalue weighted by Crippen LogP contribution is 2.37. The van der Waals surface area contributed by atoms with Gasteiger partial charge in [0.25, 0.3) is 0 Å². The van der Waals surface area contributed by atoms with Gasteiger partial charge in [-0.15, -0.1) is 0 Å². The summed E-state index contributed by atoms with van der Waals surface area (Å²) in [6, 6.07) is 15.3. The highest BCUT2D eigenvalue weighted by atomic mass is 32.2. The number of aryl methyl sites for hydroxylation is 1. The minimum absolute atomic E-state index is 0.0166. The number of carbonyl (C=O) groups excluding carboxylic acids is 1. The summed E-state index contributed by atoms with van der Waals surface area (Å²) in [6.45, 7) is 8.28. The van der Waals surface area contributed by atoms with Crippen LogP contribution in [0.1, 0.15) is 32.3 Å². The average Bonchev–Trinajstić information content (AvgIpc) is 3.42.